The van der Waals surface area contributed by atoms with Crippen LogP contribution in [0.4, 0.5) is 10.3 Å². The normalized spacial score (nSPS) is 27.8. The van der Waals surface area contributed by atoms with Crippen molar-refractivity contribution in [2.24, 2.45) is 5.92 Å². The number of hydrogen-bond donors (Lipinski definition) is 4. The Balaban J connectivity index is 1.39. The van der Waals surface area contributed by atoms with Gasteiger partial charge in [-0.3, -0.25) is 33.8 Å². The SMILES string of the molecule is CC(C)C(=O)Nc1nc2c(ncn2[C@@H]2O[C@@H]3COP(=S)(OCCC#N)OCCn4c(nc5c(=O)[nH]cnc54)COP(O)(=S)O[C@@H]2[C@@H]3F)c(=O)[nH]1. The Hall–Kier alpha value is -3.39. The van der Waals surface area contributed by atoms with Gasteiger partial charge in [0.15, 0.2) is 34.7 Å². The molecule has 4 N–H and O–H groups in total. The van der Waals surface area contributed by atoms with Crippen molar-refractivity contribution >= 4 is 71.2 Å². The molecule has 20 nitrogen and oxygen atoms in total. The molecule has 268 valence electrons. The van der Waals surface area contributed by atoms with Crippen LogP contribution in [-0.4, -0.2) is 88.0 Å². The minimum absolute atomic E-state index is 0.0000252. The third kappa shape index (κ3) is 7.61. The van der Waals surface area contributed by atoms with Crippen molar-refractivity contribution in [2.75, 3.05) is 25.1 Å². The largest absolute Gasteiger partial charge is 0.346 e. The van der Waals surface area contributed by atoms with Crippen molar-refractivity contribution < 1.29 is 41.4 Å². The van der Waals surface area contributed by atoms with Gasteiger partial charge in [0.2, 0.25) is 11.9 Å². The number of nitriles is 1. The Labute approximate surface area is 290 Å². The van der Waals surface area contributed by atoms with Crippen molar-refractivity contribution in [2.45, 2.75) is 58.0 Å². The van der Waals surface area contributed by atoms with Gasteiger partial charge < -0.3 is 37.3 Å². The number of H-pyrrole nitrogens is 2. The first-order valence-corrected chi connectivity index (χ1v) is 20.0. The fourth-order valence-corrected chi connectivity index (χ4v) is 8.11. The van der Waals surface area contributed by atoms with Gasteiger partial charge in [-0.25, -0.2) is 19.3 Å². The molecule has 0 saturated carbocycles. The molecule has 6 rings (SSSR count). The lowest BCUT2D eigenvalue weighted by Crippen LogP contribution is -2.32. The number of aromatic amines is 2. The number of alkyl halides is 1. The van der Waals surface area contributed by atoms with Gasteiger partial charge >= 0.3 is 13.4 Å². The lowest BCUT2D eigenvalue weighted by Gasteiger charge is -2.25. The van der Waals surface area contributed by atoms with Crippen molar-refractivity contribution in [1.82, 2.24) is 39.0 Å². The Bertz CT molecular complexity index is 2190. The molecule has 2 aliphatic heterocycles. The Morgan fingerprint density at radius 3 is 2.78 bits per heavy atom. The first-order valence-electron chi connectivity index (χ1n) is 14.9. The first kappa shape index (κ1) is 36.4. The second-order valence-electron chi connectivity index (χ2n) is 11.1. The van der Waals surface area contributed by atoms with Crippen LogP contribution < -0.4 is 16.4 Å². The standard InChI is InChI=1S/C25H29FN10O10P2S2/c1-12(2)21(37)33-25-32-20-16(23(39)34-25)30-11-36(20)24-18-15(26)13(45-24)8-44-48(50,41-6-3-4-27)42-7-5-35-14(9-43-47(40,49)46-18)31-17-19(35)28-10-29-22(17)38/h10-13,15,18,24H,3,5-9H2,1-2H3,(H,40,49)(H,28,29,38)(H2,32,33,34,37,39)/t13-,15-,18-,24-,47?,48?/m1/s1. The number of halogens is 1. The summed E-state index contributed by atoms with van der Waals surface area (Å²) in [5, 5.41) is 11.5. The molecule has 1 saturated heterocycles. The summed E-state index contributed by atoms with van der Waals surface area (Å²) < 4.78 is 53.7. The molecule has 4 aromatic heterocycles. The van der Waals surface area contributed by atoms with Crippen LogP contribution in [0.3, 0.4) is 0 Å². The number of nitrogens with zero attached hydrogens (tertiary/aromatic N) is 7. The molecule has 2 unspecified atom stereocenters. The average molecular weight is 775 g/mol. The fourth-order valence-electron chi connectivity index (χ4n) is 4.98. The number of ether oxygens (including phenoxy) is 1. The Morgan fingerprint density at radius 1 is 1.22 bits per heavy atom. The topological polar surface area (TPSA) is 256 Å². The zero-order valence-electron chi connectivity index (χ0n) is 26.1. The maximum absolute atomic E-state index is 16.4. The summed E-state index contributed by atoms with van der Waals surface area (Å²) in [7, 11) is 0. The number of nitrogens with one attached hydrogen (secondary N) is 3. The second-order valence-corrected chi connectivity index (χ2v) is 16.9. The van der Waals surface area contributed by atoms with E-state index in [9.17, 15) is 19.3 Å². The van der Waals surface area contributed by atoms with Crippen LogP contribution >= 0.6 is 13.4 Å². The summed E-state index contributed by atoms with van der Waals surface area (Å²) in [5.41, 5.74) is -1.46. The summed E-state index contributed by atoms with van der Waals surface area (Å²) in [6, 6.07) is 1.93. The van der Waals surface area contributed by atoms with E-state index in [0.29, 0.717) is 0 Å². The highest BCUT2D eigenvalue weighted by molar-refractivity contribution is 8.07. The highest BCUT2D eigenvalue weighted by Gasteiger charge is 2.50. The van der Waals surface area contributed by atoms with Crippen molar-refractivity contribution in [3.63, 3.8) is 0 Å². The zero-order chi connectivity index (χ0) is 35.8. The number of carbonyl (C=O) groups excluding carboxylic acids is 1. The number of aromatic nitrogens is 8. The summed E-state index contributed by atoms with van der Waals surface area (Å²) >= 11 is 10.9. The lowest BCUT2D eigenvalue weighted by atomic mass is 10.1. The van der Waals surface area contributed by atoms with E-state index in [1.54, 1.807) is 13.8 Å². The molecule has 0 aliphatic carbocycles. The van der Waals surface area contributed by atoms with Crippen LogP contribution in [0.15, 0.2) is 22.2 Å². The predicted molar refractivity (Wildman–Crippen MR) is 177 cm³/mol. The summed E-state index contributed by atoms with van der Waals surface area (Å²) in [6.45, 7) is -6.09. The lowest BCUT2D eigenvalue weighted by molar-refractivity contribution is -0.118. The molecule has 25 heteroatoms. The van der Waals surface area contributed by atoms with E-state index >= 15 is 4.39 Å². The highest BCUT2D eigenvalue weighted by Crippen LogP contribution is 2.53. The molecule has 6 atom stereocenters. The van der Waals surface area contributed by atoms with Crippen molar-refractivity contribution in [3.05, 3.63) is 39.2 Å². The van der Waals surface area contributed by atoms with Crippen LogP contribution in [0.5, 0.6) is 0 Å². The zero-order valence-corrected chi connectivity index (χ0v) is 29.5. The molecule has 2 bridgehead atoms. The minimum atomic E-state index is -4.33. The highest BCUT2D eigenvalue weighted by atomic mass is 32.5. The molecule has 1 fully saturated rings. The van der Waals surface area contributed by atoms with E-state index in [0.717, 1.165) is 6.33 Å². The van der Waals surface area contributed by atoms with Crippen LogP contribution in [0.2, 0.25) is 0 Å². The van der Waals surface area contributed by atoms with E-state index in [1.165, 1.54) is 15.5 Å². The van der Waals surface area contributed by atoms with Gasteiger partial charge in [0.05, 0.1) is 45.0 Å². The number of anilines is 1. The summed E-state index contributed by atoms with van der Waals surface area (Å²) in [4.78, 5) is 70.6. The van der Waals surface area contributed by atoms with Gasteiger partial charge in [-0.1, -0.05) is 13.8 Å². The van der Waals surface area contributed by atoms with Gasteiger partial charge in [-0.05, 0) is 23.6 Å². The van der Waals surface area contributed by atoms with Crippen LogP contribution in [0.25, 0.3) is 22.3 Å². The van der Waals surface area contributed by atoms with E-state index in [2.05, 4.69) is 35.2 Å². The number of fused-ring (bicyclic) bond motifs is 6. The van der Waals surface area contributed by atoms with E-state index in [-0.39, 0.29) is 60.3 Å². The third-order valence-electron chi connectivity index (χ3n) is 7.39. The number of carbonyl (C=O) groups is 1. The van der Waals surface area contributed by atoms with E-state index in [1.807, 2.05) is 6.07 Å². The molecule has 6 heterocycles. The second kappa shape index (κ2) is 14.7. The molecule has 50 heavy (non-hydrogen) atoms. The van der Waals surface area contributed by atoms with Gasteiger partial charge in [-0.15, -0.1) is 0 Å². The Kier molecular flexibility index (Phi) is 10.7. The number of rotatable bonds is 6. The molecule has 4 aromatic rings. The monoisotopic (exact) mass is 774 g/mol. The molecule has 2 aliphatic rings. The number of amides is 1. The first-order chi connectivity index (χ1) is 23.8. The van der Waals surface area contributed by atoms with Crippen LogP contribution in [0.1, 0.15) is 32.3 Å². The average Bonchev–Trinajstić information content (AvgIpc) is 3.73. The summed E-state index contributed by atoms with van der Waals surface area (Å²) in [6.07, 6.45) is -4.43. The van der Waals surface area contributed by atoms with E-state index in [4.69, 9.17) is 56.2 Å². The molecule has 0 spiro atoms. The number of imidazole rings is 2. The molecule has 1 amide bonds. The quantitative estimate of drug-likeness (QED) is 0.159. The van der Waals surface area contributed by atoms with Crippen LogP contribution in [-0.2, 0) is 68.9 Å². The van der Waals surface area contributed by atoms with Crippen LogP contribution in [0, 0.1) is 17.2 Å². The van der Waals surface area contributed by atoms with Gasteiger partial charge in [0.25, 0.3) is 11.1 Å². The van der Waals surface area contributed by atoms with Gasteiger partial charge in [0, 0.05) is 12.5 Å². The maximum Gasteiger partial charge on any atom is 0.327 e. The maximum atomic E-state index is 16.4. The molecular weight excluding hydrogens is 745 g/mol. The van der Waals surface area contributed by atoms with E-state index < -0.39 is 74.2 Å². The third-order valence-corrected chi connectivity index (χ3v) is 11.3. The smallest absolute Gasteiger partial charge is 0.327 e. The van der Waals surface area contributed by atoms with Gasteiger partial charge in [0.1, 0.15) is 24.6 Å². The van der Waals surface area contributed by atoms with Gasteiger partial charge in [-0.2, -0.15) is 10.2 Å². The molecular formula is C25H29FN10O10P2S2. The Morgan fingerprint density at radius 2 is 2.02 bits per heavy atom. The number of hydrogen-bond acceptors (Lipinski definition) is 16. The molecule has 0 radical (unpaired) electrons. The molecule has 0 aromatic carbocycles. The summed E-state index contributed by atoms with van der Waals surface area (Å²) in [5.74, 6) is -1.00. The van der Waals surface area contributed by atoms with Crippen molar-refractivity contribution in [1.29, 1.82) is 5.26 Å². The fraction of sp³-hybridized carbons (Fsp3) is 0.520. The minimum Gasteiger partial charge on any atom is -0.346 e. The predicted octanol–water partition coefficient (Wildman–Crippen LogP) is 1.40. The van der Waals surface area contributed by atoms with Crippen molar-refractivity contribution in [3.8, 4) is 6.07 Å².